The number of hydrogen-bond acceptors (Lipinski definition) is 3. The van der Waals surface area contributed by atoms with Gasteiger partial charge in [0.25, 0.3) is 0 Å². The van der Waals surface area contributed by atoms with Crippen LogP contribution in [0.15, 0.2) is 28.8 Å². The molecule has 0 aliphatic carbocycles. The number of aromatic nitrogens is 1. The summed E-state index contributed by atoms with van der Waals surface area (Å²) in [7, 11) is 0. The SMILES string of the molecule is Nc1cc(-c2ccc(Cl)cc2C(F)(F)F)on1. The Bertz CT molecular complexity index is 551. The van der Waals surface area contributed by atoms with Crippen LogP contribution in [-0.4, -0.2) is 5.16 Å². The molecule has 7 heteroatoms. The normalized spacial score (nSPS) is 11.8. The van der Waals surface area contributed by atoms with Crippen LogP contribution >= 0.6 is 11.6 Å². The average Bonchev–Trinajstić information content (AvgIpc) is 2.63. The van der Waals surface area contributed by atoms with Gasteiger partial charge in [-0.25, -0.2) is 0 Å². The van der Waals surface area contributed by atoms with Gasteiger partial charge in [0, 0.05) is 16.7 Å². The Morgan fingerprint density at radius 1 is 1.24 bits per heavy atom. The Kier molecular flexibility index (Phi) is 2.74. The quantitative estimate of drug-likeness (QED) is 0.854. The lowest BCUT2D eigenvalue weighted by Gasteiger charge is -2.10. The van der Waals surface area contributed by atoms with Crippen molar-refractivity contribution in [1.82, 2.24) is 5.16 Å². The highest BCUT2D eigenvalue weighted by Gasteiger charge is 2.34. The fourth-order valence-corrected chi connectivity index (χ4v) is 1.55. The zero-order valence-electron chi connectivity index (χ0n) is 8.25. The molecule has 0 atom stereocenters. The number of anilines is 1. The van der Waals surface area contributed by atoms with Gasteiger partial charge in [0.2, 0.25) is 0 Å². The Morgan fingerprint density at radius 2 is 1.94 bits per heavy atom. The molecule has 0 amide bonds. The molecule has 2 N–H and O–H groups in total. The molecule has 2 aromatic rings. The number of rotatable bonds is 1. The van der Waals surface area contributed by atoms with Crippen molar-refractivity contribution in [2.24, 2.45) is 0 Å². The van der Waals surface area contributed by atoms with Crippen molar-refractivity contribution in [3.05, 3.63) is 34.9 Å². The third-order valence-corrected chi connectivity index (χ3v) is 2.32. The first-order valence-corrected chi connectivity index (χ1v) is 4.85. The first-order valence-electron chi connectivity index (χ1n) is 4.47. The van der Waals surface area contributed by atoms with Crippen molar-refractivity contribution in [1.29, 1.82) is 0 Å². The number of benzene rings is 1. The van der Waals surface area contributed by atoms with E-state index in [1.54, 1.807) is 0 Å². The monoisotopic (exact) mass is 262 g/mol. The largest absolute Gasteiger partial charge is 0.417 e. The van der Waals surface area contributed by atoms with Crippen LogP contribution in [0.3, 0.4) is 0 Å². The Balaban J connectivity index is 2.61. The van der Waals surface area contributed by atoms with Gasteiger partial charge in [-0.1, -0.05) is 16.8 Å². The molecule has 0 saturated heterocycles. The van der Waals surface area contributed by atoms with Crippen molar-refractivity contribution in [2.75, 3.05) is 5.73 Å². The lowest BCUT2D eigenvalue weighted by molar-refractivity contribution is -0.137. The molecule has 0 radical (unpaired) electrons. The fourth-order valence-electron chi connectivity index (χ4n) is 1.38. The van der Waals surface area contributed by atoms with E-state index in [-0.39, 0.29) is 22.2 Å². The number of nitrogen functional groups attached to an aromatic ring is 1. The molecule has 1 heterocycles. The summed E-state index contributed by atoms with van der Waals surface area (Å²) in [4.78, 5) is 0. The van der Waals surface area contributed by atoms with E-state index in [2.05, 4.69) is 5.16 Å². The lowest BCUT2D eigenvalue weighted by Crippen LogP contribution is -2.06. The van der Waals surface area contributed by atoms with Crippen molar-refractivity contribution < 1.29 is 17.7 Å². The molecule has 0 spiro atoms. The van der Waals surface area contributed by atoms with Gasteiger partial charge >= 0.3 is 6.18 Å². The van der Waals surface area contributed by atoms with Crippen molar-refractivity contribution >= 4 is 17.4 Å². The third kappa shape index (κ3) is 2.36. The van der Waals surface area contributed by atoms with Crippen LogP contribution in [0.1, 0.15) is 5.56 Å². The average molecular weight is 263 g/mol. The van der Waals surface area contributed by atoms with E-state index in [9.17, 15) is 13.2 Å². The van der Waals surface area contributed by atoms with Crippen LogP contribution in [0.4, 0.5) is 19.0 Å². The van der Waals surface area contributed by atoms with Crippen molar-refractivity contribution in [3.8, 4) is 11.3 Å². The zero-order valence-corrected chi connectivity index (χ0v) is 9.01. The molecular formula is C10H6ClF3N2O. The van der Waals surface area contributed by atoms with Gasteiger partial charge in [-0.2, -0.15) is 13.2 Å². The maximum absolute atomic E-state index is 12.8. The van der Waals surface area contributed by atoms with Crippen LogP contribution < -0.4 is 5.73 Å². The molecule has 0 saturated carbocycles. The van der Waals surface area contributed by atoms with Gasteiger partial charge in [0.15, 0.2) is 11.6 Å². The molecule has 3 nitrogen and oxygen atoms in total. The third-order valence-electron chi connectivity index (χ3n) is 2.08. The lowest BCUT2D eigenvalue weighted by atomic mass is 10.0. The van der Waals surface area contributed by atoms with E-state index in [1.165, 1.54) is 18.2 Å². The summed E-state index contributed by atoms with van der Waals surface area (Å²) in [5.41, 5.74) is 4.26. The maximum atomic E-state index is 12.8. The predicted octanol–water partition coefficient (Wildman–Crippen LogP) is 3.60. The van der Waals surface area contributed by atoms with Crippen LogP contribution in [0.5, 0.6) is 0 Å². The van der Waals surface area contributed by atoms with E-state index >= 15 is 0 Å². The summed E-state index contributed by atoms with van der Waals surface area (Å²) in [5, 5.41) is 3.34. The second-order valence-electron chi connectivity index (χ2n) is 3.30. The van der Waals surface area contributed by atoms with E-state index in [0.717, 1.165) is 6.07 Å². The molecule has 0 unspecified atom stereocenters. The van der Waals surface area contributed by atoms with Crippen LogP contribution in [0.25, 0.3) is 11.3 Å². The first-order chi connectivity index (χ1) is 7.88. The Labute approximate surface area is 99.0 Å². The standard InChI is InChI=1S/C10H6ClF3N2O/c11-5-1-2-6(7(3-5)10(12,13)14)8-4-9(15)16-17-8/h1-4H,(H2,15,16). The summed E-state index contributed by atoms with van der Waals surface area (Å²) in [5.74, 6) is -0.0328. The van der Waals surface area contributed by atoms with Crippen molar-refractivity contribution in [3.63, 3.8) is 0 Å². The van der Waals surface area contributed by atoms with Gasteiger partial charge in [-0.15, -0.1) is 0 Å². The highest BCUT2D eigenvalue weighted by Crippen LogP contribution is 2.38. The minimum atomic E-state index is -4.53. The summed E-state index contributed by atoms with van der Waals surface area (Å²) in [6.07, 6.45) is -4.53. The molecule has 0 aliphatic heterocycles. The Hall–Kier alpha value is -1.69. The fraction of sp³-hybridized carbons (Fsp3) is 0.100. The molecule has 1 aromatic heterocycles. The number of alkyl halides is 3. The van der Waals surface area contributed by atoms with Gasteiger partial charge < -0.3 is 10.3 Å². The van der Waals surface area contributed by atoms with E-state index in [4.69, 9.17) is 21.9 Å². The molecule has 2 rings (SSSR count). The second-order valence-corrected chi connectivity index (χ2v) is 3.74. The predicted molar refractivity (Wildman–Crippen MR) is 56.4 cm³/mol. The number of nitrogens with two attached hydrogens (primary N) is 1. The van der Waals surface area contributed by atoms with Crippen molar-refractivity contribution in [2.45, 2.75) is 6.18 Å². The molecule has 0 fully saturated rings. The smallest absolute Gasteiger partial charge is 0.381 e. The maximum Gasteiger partial charge on any atom is 0.417 e. The van der Waals surface area contributed by atoms with Crippen LogP contribution in [0, 0.1) is 0 Å². The summed E-state index contributed by atoms with van der Waals surface area (Å²) in [6, 6.07) is 4.60. The van der Waals surface area contributed by atoms with Gasteiger partial charge in [-0.3, -0.25) is 0 Å². The molecule has 1 aromatic carbocycles. The zero-order chi connectivity index (χ0) is 12.6. The molecule has 0 bridgehead atoms. The molecule has 90 valence electrons. The summed E-state index contributed by atoms with van der Waals surface area (Å²) in [6.45, 7) is 0. The van der Waals surface area contributed by atoms with Crippen LogP contribution in [0.2, 0.25) is 5.02 Å². The summed E-state index contributed by atoms with van der Waals surface area (Å²) < 4.78 is 43.0. The molecule has 17 heavy (non-hydrogen) atoms. The van der Waals surface area contributed by atoms with Gasteiger partial charge in [0.1, 0.15) is 0 Å². The van der Waals surface area contributed by atoms with E-state index < -0.39 is 11.7 Å². The topological polar surface area (TPSA) is 52.0 Å². The van der Waals surface area contributed by atoms with Gasteiger partial charge in [-0.05, 0) is 18.2 Å². The minimum Gasteiger partial charge on any atom is -0.381 e. The number of nitrogens with zero attached hydrogens (tertiary/aromatic N) is 1. The van der Waals surface area contributed by atoms with E-state index in [0.29, 0.717) is 0 Å². The molecular weight excluding hydrogens is 257 g/mol. The van der Waals surface area contributed by atoms with E-state index in [1.807, 2.05) is 0 Å². The summed E-state index contributed by atoms with van der Waals surface area (Å²) >= 11 is 5.54. The van der Waals surface area contributed by atoms with Gasteiger partial charge in [0.05, 0.1) is 5.56 Å². The highest BCUT2D eigenvalue weighted by molar-refractivity contribution is 6.30. The second kappa shape index (κ2) is 3.96. The minimum absolute atomic E-state index is 0.00596. The number of halogens is 4. The molecule has 0 aliphatic rings. The van der Waals surface area contributed by atoms with Crippen LogP contribution in [-0.2, 0) is 6.18 Å². The Morgan fingerprint density at radius 3 is 2.47 bits per heavy atom. The first kappa shape index (κ1) is 11.8. The number of hydrogen-bond donors (Lipinski definition) is 1. The highest BCUT2D eigenvalue weighted by atomic mass is 35.5.